The van der Waals surface area contributed by atoms with E-state index in [1.807, 2.05) is 48.9 Å². The number of carbonyl (C=O) groups excluding carboxylic acids is 1. The number of hydrogen-bond acceptors (Lipinski definition) is 3. The molecular weight excluding hydrogens is 338 g/mol. The predicted molar refractivity (Wildman–Crippen MR) is 96.7 cm³/mol. The minimum atomic E-state index is -0.0297. The Kier molecular flexibility index (Phi) is 5.19. The first-order valence-electron chi connectivity index (χ1n) is 8.10. The van der Waals surface area contributed by atoms with Crippen LogP contribution in [-0.4, -0.2) is 25.5 Å². The van der Waals surface area contributed by atoms with Crippen molar-refractivity contribution >= 4 is 17.5 Å². The molecule has 0 aliphatic rings. The second kappa shape index (κ2) is 7.53. The standard InChI is InChI=1S/C18H20ClN5O/c1-13-17(14(2)24(22-13)16-6-4-3-5-7-16)11-20-18(25)8-9-23-12-15(19)10-21-23/h3-7,10,12H,8-9,11H2,1-2H3,(H,20,25). The van der Waals surface area contributed by atoms with Gasteiger partial charge < -0.3 is 5.32 Å². The van der Waals surface area contributed by atoms with Crippen molar-refractivity contribution in [2.75, 3.05) is 0 Å². The lowest BCUT2D eigenvalue weighted by Crippen LogP contribution is -2.24. The van der Waals surface area contributed by atoms with Crippen molar-refractivity contribution in [1.82, 2.24) is 24.9 Å². The predicted octanol–water partition coefficient (Wildman–Crippen LogP) is 3.05. The van der Waals surface area contributed by atoms with Gasteiger partial charge in [-0.15, -0.1) is 0 Å². The SMILES string of the molecule is Cc1nn(-c2ccccc2)c(C)c1CNC(=O)CCn1cc(Cl)cn1. The summed E-state index contributed by atoms with van der Waals surface area (Å²) in [5.41, 5.74) is 4.00. The van der Waals surface area contributed by atoms with Crippen molar-refractivity contribution in [3.05, 3.63) is 64.7 Å². The summed E-state index contributed by atoms with van der Waals surface area (Å²) < 4.78 is 3.56. The fourth-order valence-electron chi connectivity index (χ4n) is 2.70. The Bertz CT molecular complexity index is 869. The molecule has 0 saturated heterocycles. The van der Waals surface area contributed by atoms with Gasteiger partial charge in [0.2, 0.25) is 5.91 Å². The van der Waals surface area contributed by atoms with Crippen LogP contribution in [0.4, 0.5) is 0 Å². The third-order valence-corrected chi connectivity index (χ3v) is 4.27. The molecule has 0 saturated carbocycles. The lowest BCUT2D eigenvalue weighted by molar-refractivity contribution is -0.121. The smallest absolute Gasteiger partial charge is 0.222 e. The van der Waals surface area contributed by atoms with Gasteiger partial charge in [0.15, 0.2) is 0 Å². The molecule has 2 aromatic heterocycles. The van der Waals surface area contributed by atoms with Gasteiger partial charge in [-0.05, 0) is 26.0 Å². The lowest BCUT2D eigenvalue weighted by Gasteiger charge is -2.07. The van der Waals surface area contributed by atoms with Gasteiger partial charge in [-0.2, -0.15) is 10.2 Å². The molecule has 0 fully saturated rings. The number of nitrogens with one attached hydrogen (secondary N) is 1. The maximum atomic E-state index is 12.1. The monoisotopic (exact) mass is 357 g/mol. The molecule has 0 bridgehead atoms. The molecule has 0 aliphatic heterocycles. The minimum Gasteiger partial charge on any atom is -0.352 e. The fourth-order valence-corrected chi connectivity index (χ4v) is 2.86. The average Bonchev–Trinajstić information content (AvgIpc) is 3.15. The first kappa shape index (κ1) is 17.2. The molecule has 2 heterocycles. The normalized spacial score (nSPS) is 10.8. The molecule has 130 valence electrons. The summed E-state index contributed by atoms with van der Waals surface area (Å²) >= 11 is 5.81. The van der Waals surface area contributed by atoms with E-state index in [0.717, 1.165) is 22.6 Å². The van der Waals surface area contributed by atoms with Crippen LogP contribution in [0.5, 0.6) is 0 Å². The maximum absolute atomic E-state index is 12.1. The Morgan fingerprint density at radius 2 is 2.00 bits per heavy atom. The Labute approximate surface area is 151 Å². The van der Waals surface area contributed by atoms with Crippen molar-refractivity contribution in [1.29, 1.82) is 0 Å². The van der Waals surface area contributed by atoms with Crippen molar-refractivity contribution in [2.45, 2.75) is 33.4 Å². The molecule has 0 unspecified atom stereocenters. The van der Waals surface area contributed by atoms with Crippen LogP contribution < -0.4 is 5.32 Å². The van der Waals surface area contributed by atoms with Crippen molar-refractivity contribution < 1.29 is 4.79 Å². The van der Waals surface area contributed by atoms with Crippen LogP contribution in [0.1, 0.15) is 23.4 Å². The molecule has 25 heavy (non-hydrogen) atoms. The average molecular weight is 358 g/mol. The van der Waals surface area contributed by atoms with E-state index in [-0.39, 0.29) is 5.91 Å². The van der Waals surface area contributed by atoms with E-state index in [1.54, 1.807) is 17.1 Å². The van der Waals surface area contributed by atoms with Gasteiger partial charge in [-0.3, -0.25) is 9.48 Å². The van der Waals surface area contributed by atoms with E-state index in [2.05, 4.69) is 15.5 Å². The first-order valence-corrected chi connectivity index (χ1v) is 8.47. The zero-order chi connectivity index (χ0) is 17.8. The summed E-state index contributed by atoms with van der Waals surface area (Å²) in [7, 11) is 0. The summed E-state index contributed by atoms with van der Waals surface area (Å²) in [6.07, 6.45) is 3.61. The zero-order valence-electron chi connectivity index (χ0n) is 14.2. The van der Waals surface area contributed by atoms with E-state index in [1.165, 1.54) is 0 Å². The van der Waals surface area contributed by atoms with Crippen molar-refractivity contribution in [3.8, 4) is 5.69 Å². The minimum absolute atomic E-state index is 0.0297. The second-order valence-electron chi connectivity index (χ2n) is 5.85. The molecule has 0 atom stereocenters. The Balaban J connectivity index is 1.61. The van der Waals surface area contributed by atoms with Gasteiger partial charge in [0, 0.05) is 37.0 Å². The highest BCUT2D eigenvalue weighted by atomic mass is 35.5. The van der Waals surface area contributed by atoms with Gasteiger partial charge in [-0.1, -0.05) is 29.8 Å². The molecule has 0 spiro atoms. The number of benzene rings is 1. The van der Waals surface area contributed by atoms with Gasteiger partial charge in [0.25, 0.3) is 0 Å². The summed E-state index contributed by atoms with van der Waals surface area (Å²) in [6.45, 7) is 4.93. The molecule has 1 amide bonds. The van der Waals surface area contributed by atoms with Crippen LogP contribution in [0.3, 0.4) is 0 Å². The fraction of sp³-hybridized carbons (Fsp3) is 0.278. The number of carbonyl (C=O) groups is 1. The Hall–Kier alpha value is -2.60. The maximum Gasteiger partial charge on any atom is 0.222 e. The van der Waals surface area contributed by atoms with E-state index in [4.69, 9.17) is 11.6 Å². The van der Waals surface area contributed by atoms with Crippen LogP contribution in [-0.2, 0) is 17.9 Å². The summed E-state index contributed by atoms with van der Waals surface area (Å²) in [4.78, 5) is 12.1. The summed E-state index contributed by atoms with van der Waals surface area (Å²) in [6, 6.07) is 9.96. The number of amides is 1. The molecule has 3 rings (SSSR count). The van der Waals surface area contributed by atoms with Gasteiger partial charge in [-0.25, -0.2) is 4.68 Å². The molecule has 0 aliphatic carbocycles. The molecule has 6 nitrogen and oxygen atoms in total. The van der Waals surface area contributed by atoms with Gasteiger partial charge >= 0.3 is 0 Å². The van der Waals surface area contributed by atoms with Gasteiger partial charge in [0.1, 0.15) is 0 Å². The molecular formula is C18H20ClN5O. The number of rotatable bonds is 6. The molecule has 1 N–H and O–H groups in total. The molecule has 7 heteroatoms. The number of nitrogens with zero attached hydrogens (tertiary/aromatic N) is 4. The number of halogens is 1. The van der Waals surface area contributed by atoms with Crippen LogP contribution in [0.15, 0.2) is 42.7 Å². The van der Waals surface area contributed by atoms with E-state index in [9.17, 15) is 4.79 Å². The van der Waals surface area contributed by atoms with E-state index < -0.39 is 0 Å². The zero-order valence-corrected chi connectivity index (χ0v) is 15.0. The highest BCUT2D eigenvalue weighted by Crippen LogP contribution is 2.17. The summed E-state index contributed by atoms with van der Waals surface area (Å²) in [5.74, 6) is -0.0297. The van der Waals surface area contributed by atoms with Crippen LogP contribution in [0.2, 0.25) is 5.02 Å². The molecule has 1 aromatic carbocycles. The number of aromatic nitrogens is 4. The van der Waals surface area contributed by atoms with Crippen molar-refractivity contribution in [2.24, 2.45) is 0 Å². The largest absolute Gasteiger partial charge is 0.352 e. The van der Waals surface area contributed by atoms with Crippen LogP contribution in [0.25, 0.3) is 5.69 Å². The first-order chi connectivity index (χ1) is 12.0. The third-order valence-electron chi connectivity index (χ3n) is 4.07. The van der Waals surface area contributed by atoms with Gasteiger partial charge in [0.05, 0.1) is 22.6 Å². The topological polar surface area (TPSA) is 64.7 Å². The number of aryl methyl sites for hydroxylation is 2. The van der Waals surface area contributed by atoms with Crippen LogP contribution in [0, 0.1) is 13.8 Å². The number of para-hydroxylation sites is 1. The highest BCUT2D eigenvalue weighted by molar-refractivity contribution is 6.30. The molecule has 3 aromatic rings. The summed E-state index contributed by atoms with van der Waals surface area (Å²) in [5, 5.41) is 12.2. The number of hydrogen-bond donors (Lipinski definition) is 1. The lowest BCUT2D eigenvalue weighted by atomic mass is 10.2. The highest BCUT2D eigenvalue weighted by Gasteiger charge is 2.13. The molecule has 0 radical (unpaired) electrons. The van der Waals surface area contributed by atoms with E-state index in [0.29, 0.717) is 24.5 Å². The second-order valence-corrected chi connectivity index (χ2v) is 6.28. The van der Waals surface area contributed by atoms with E-state index >= 15 is 0 Å². The Morgan fingerprint density at radius 3 is 2.68 bits per heavy atom. The van der Waals surface area contributed by atoms with Crippen LogP contribution >= 0.6 is 11.6 Å². The quantitative estimate of drug-likeness (QED) is 0.737. The third kappa shape index (κ3) is 4.09. The van der Waals surface area contributed by atoms with Crippen molar-refractivity contribution in [3.63, 3.8) is 0 Å². The Morgan fingerprint density at radius 1 is 1.24 bits per heavy atom.